The fraction of sp³-hybridized carbons (Fsp3) is 0.833. The van der Waals surface area contributed by atoms with Gasteiger partial charge in [-0.2, -0.15) is 0 Å². The highest BCUT2D eigenvalue weighted by molar-refractivity contribution is 5.75. The summed E-state index contributed by atoms with van der Waals surface area (Å²) in [6.07, 6.45) is 0. The van der Waals surface area contributed by atoms with Crippen LogP contribution in [-0.4, -0.2) is 75.1 Å². The van der Waals surface area contributed by atoms with Crippen LogP contribution < -0.4 is 0 Å². The smallest absolute Gasteiger partial charge is 0.322 e. The van der Waals surface area contributed by atoms with Gasteiger partial charge in [0.25, 0.3) is 0 Å². The average molecular weight is 266 g/mol. The van der Waals surface area contributed by atoms with E-state index in [9.17, 15) is 9.59 Å². The fourth-order valence-electron chi connectivity index (χ4n) is 1.23. The van der Waals surface area contributed by atoms with Crippen molar-refractivity contribution in [2.75, 3.05) is 41.3 Å². The molecule has 0 amide bonds. The Morgan fingerprint density at radius 2 is 1.33 bits per heavy atom. The maximum absolute atomic E-state index is 11.7. The van der Waals surface area contributed by atoms with Gasteiger partial charge in [-0.05, 0) is 27.9 Å². The Hall–Kier alpha value is -1.14. The Kier molecular flexibility index (Phi) is 3.97. The molecule has 0 aliphatic heterocycles. The van der Waals surface area contributed by atoms with Crippen LogP contribution in [0.4, 0.5) is 0 Å². The molecule has 0 aromatic heterocycles. The molecule has 0 aliphatic carbocycles. The molecule has 0 N–H and O–H groups in total. The minimum absolute atomic E-state index is 0.319. The SMILES string of the molecule is [2H]C([2H])([2H])OC(=O)[C@@H](C)N(C)CCN(C)[C@H](C)C(=O)OC([2H])([2H])[2H]. The molecule has 0 aliphatic rings. The highest BCUT2D eigenvalue weighted by atomic mass is 16.5. The summed E-state index contributed by atoms with van der Waals surface area (Å²) in [4.78, 5) is 26.5. The summed E-state index contributed by atoms with van der Waals surface area (Å²) in [5.74, 6) is -1.76. The van der Waals surface area contributed by atoms with Crippen LogP contribution in [0.3, 0.4) is 0 Å². The number of hydrogen-bond donors (Lipinski definition) is 0. The van der Waals surface area contributed by atoms with Gasteiger partial charge in [-0.15, -0.1) is 0 Å². The molecule has 0 fully saturated rings. The fourth-order valence-corrected chi connectivity index (χ4v) is 1.23. The van der Waals surface area contributed by atoms with Crippen LogP contribution >= 0.6 is 0 Å². The summed E-state index contributed by atoms with van der Waals surface area (Å²) in [7, 11) is -2.39. The number of ether oxygens (including phenoxy) is 2. The molecule has 0 aromatic carbocycles. The van der Waals surface area contributed by atoms with Gasteiger partial charge in [0.1, 0.15) is 12.1 Å². The normalized spacial score (nSPS) is 20.8. The summed E-state index contributed by atoms with van der Waals surface area (Å²) in [5.41, 5.74) is 0. The van der Waals surface area contributed by atoms with Crippen molar-refractivity contribution in [2.24, 2.45) is 0 Å². The Balaban J connectivity index is 4.45. The van der Waals surface area contributed by atoms with Crippen molar-refractivity contribution in [2.45, 2.75) is 25.9 Å². The second-order valence-electron chi connectivity index (χ2n) is 4.16. The molecule has 18 heavy (non-hydrogen) atoms. The first kappa shape index (κ1) is 8.87. The number of hydrogen-bond acceptors (Lipinski definition) is 6. The standard InChI is InChI=1S/C12H24N2O4/c1-9(11(15)17-5)13(3)7-8-14(4)10(2)12(16)18-6/h9-10H,7-8H2,1-6H3/t9-,10-/m1/s1/i5D3,6D3. The van der Waals surface area contributed by atoms with Crippen LogP contribution in [0.15, 0.2) is 0 Å². The van der Waals surface area contributed by atoms with Gasteiger partial charge in [-0.1, -0.05) is 0 Å². The summed E-state index contributed by atoms with van der Waals surface area (Å²) in [5, 5.41) is 0. The maximum atomic E-state index is 11.7. The highest BCUT2D eigenvalue weighted by Gasteiger charge is 2.21. The molecule has 0 saturated heterocycles. The van der Waals surface area contributed by atoms with E-state index in [2.05, 4.69) is 9.47 Å². The number of likely N-dealkylation sites (N-methyl/N-ethyl adjacent to an activating group) is 2. The lowest BCUT2D eigenvalue weighted by Gasteiger charge is -2.27. The van der Waals surface area contributed by atoms with Gasteiger partial charge in [0, 0.05) is 13.1 Å². The molecule has 0 rings (SSSR count). The van der Waals surface area contributed by atoms with E-state index in [4.69, 9.17) is 8.22 Å². The number of esters is 2. The predicted octanol–water partition coefficient (Wildman–Crippen LogP) is -0.0270. The minimum atomic E-state index is -2.80. The second-order valence-corrected chi connectivity index (χ2v) is 4.16. The summed E-state index contributed by atoms with van der Waals surface area (Å²) in [6, 6.07) is -1.58. The largest absolute Gasteiger partial charge is 0.468 e. The molecule has 6 heteroatoms. The van der Waals surface area contributed by atoms with E-state index in [-0.39, 0.29) is 0 Å². The van der Waals surface area contributed by atoms with Gasteiger partial charge in [0.2, 0.25) is 0 Å². The number of rotatable bonds is 7. The van der Waals surface area contributed by atoms with Gasteiger partial charge in [-0.25, -0.2) is 0 Å². The van der Waals surface area contributed by atoms with Gasteiger partial charge in [-0.3, -0.25) is 19.4 Å². The lowest BCUT2D eigenvalue weighted by molar-refractivity contribution is -0.147. The maximum Gasteiger partial charge on any atom is 0.322 e. The molecule has 0 bridgehead atoms. The Labute approximate surface area is 117 Å². The van der Waals surface area contributed by atoms with E-state index in [1.807, 2.05) is 0 Å². The van der Waals surface area contributed by atoms with E-state index in [0.717, 1.165) is 0 Å². The van der Waals surface area contributed by atoms with Gasteiger partial charge in [0.15, 0.2) is 0 Å². The first-order valence-corrected chi connectivity index (χ1v) is 5.50. The molecule has 0 saturated carbocycles. The molecule has 0 aromatic rings. The average Bonchev–Trinajstić information content (AvgIpc) is 2.38. The van der Waals surface area contributed by atoms with Crippen molar-refractivity contribution < 1.29 is 27.3 Å². The third-order valence-electron chi connectivity index (χ3n) is 3.01. The second kappa shape index (κ2) is 8.05. The number of methoxy groups -OCH3 is 2. The predicted molar refractivity (Wildman–Crippen MR) is 68.2 cm³/mol. The third kappa shape index (κ3) is 5.01. The lowest BCUT2D eigenvalue weighted by Crippen LogP contribution is -2.44. The van der Waals surface area contributed by atoms with E-state index >= 15 is 0 Å². The van der Waals surface area contributed by atoms with Crippen LogP contribution in [0, 0.1) is 0 Å². The molecule has 6 nitrogen and oxygen atoms in total. The Morgan fingerprint density at radius 3 is 1.61 bits per heavy atom. The van der Waals surface area contributed by atoms with Crippen molar-refractivity contribution in [1.29, 1.82) is 0 Å². The summed E-state index contributed by atoms with van der Waals surface area (Å²) in [6.45, 7) is 3.64. The first-order chi connectivity index (χ1) is 10.6. The lowest BCUT2D eigenvalue weighted by atomic mass is 10.2. The van der Waals surface area contributed by atoms with E-state index in [0.29, 0.717) is 13.1 Å². The van der Waals surface area contributed by atoms with Crippen molar-refractivity contribution in [3.63, 3.8) is 0 Å². The Bertz CT molecular complexity index is 400. The van der Waals surface area contributed by atoms with E-state index in [1.165, 1.54) is 13.8 Å². The van der Waals surface area contributed by atoms with Crippen LogP contribution in [0.5, 0.6) is 0 Å². The number of nitrogens with zero attached hydrogens (tertiary/aromatic N) is 2. The Morgan fingerprint density at radius 1 is 1.00 bits per heavy atom. The van der Waals surface area contributed by atoms with E-state index in [1.54, 1.807) is 23.9 Å². The van der Waals surface area contributed by atoms with Crippen molar-refractivity contribution in [3.8, 4) is 0 Å². The molecular formula is C12H24N2O4. The molecule has 0 heterocycles. The molecule has 0 unspecified atom stereocenters. The van der Waals surface area contributed by atoms with Crippen LogP contribution in [0.1, 0.15) is 22.1 Å². The first-order valence-electron chi connectivity index (χ1n) is 8.50. The van der Waals surface area contributed by atoms with E-state index < -0.39 is 38.1 Å². The van der Waals surface area contributed by atoms with Gasteiger partial charge in [0.05, 0.1) is 22.3 Å². The molecular weight excluding hydrogens is 236 g/mol. The molecule has 0 radical (unpaired) electrons. The van der Waals surface area contributed by atoms with Crippen molar-refractivity contribution >= 4 is 11.9 Å². The van der Waals surface area contributed by atoms with Gasteiger partial charge < -0.3 is 9.47 Å². The minimum Gasteiger partial charge on any atom is -0.468 e. The van der Waals surface area contributed by atoms with Crippen LogP contribution in [0.2, 0.25) is 0 Å². The van der Waals surface area contributed by atoms with Crippen LogP contribution in [0.25, 0.3) is 0 Å². The van der Waals surface area contributed by atoms with Crippen LogP contribution in [-0.2, 0) is 19.1 Å². The monoisotopic (exact) mass is 266 g/mol. The number of carbonyl (C=O) groups excluding carboxylic acids is 2. The van der Waals surface area contributed by atoms with Crippen molar-refractivity contribution in [3.05, 3.63) is 0 Å². The zero-order valence-electron chi connectivity index (χ0n) is 17.1. The molecule has 2 atom stereocenters. The summed E-state index contributed by atoms with van der Waals surface area (Å²) >= 11 is 0. The highest BCUT2D eigenvalue weighted by Crippen LogP contribution is 2.01. The zero-order valence-corrected chi connectivity index (χ0v) is 11.1. The summed E-state index contributed by atoms with van der Waals surface area (Å²) < 4.78 is 50.1. The third-order valence-corrected chi connectivity index (χ3v) is 3.01. The zero-order chi connectivity index (χ0) is 19.3. The topological polar surface area (TPSA) is 59.1 Å². The quantitative estimate of drug-likeness (QED) is 0.603. The number of carbonyl (C=O) groups is 2. The molecule has 106 valence electrons. The van der Waals surface area contributed by atoms with Crippen molar-refractivity contribution in [1.82, 2.24) is 9.80 Å². The molecule has 0 spiro atoms. The van der Waals surface area contributed by atoms with Gasteiger partial charge >= 0.3 is 11.9 Å².